The lowest BCUT2D eigenvalue weighted by Crippen LogP contribution is -2.34. The van der Waals surface area contributed by atoms with Crippen molar-refractivity contribution in [3.8, 4) is 11.3 Å². The quantitative estimate of drug-likeness (QED) is 0.706. The van der Waals surface area contributed by atoms with Crippen LogP contribution in [-0.4, -0.2) is 17.0 Å². The highest BCUT2D eigenvalue weighted by Crippen LogP contribution is 2.20. The molecule has 0 saturated carbocycles. The third-order valence-electron chi connectivity index (χ3n) is 3.53. The summed E-state index contributed by atoms with van der Waals surface area (Å²) in [5, 5.41) is 0. The molecule has 0 unspecified atom stereocenters. The number of carbonyl (C=O) groups excluding carboxylic acids is 1. The molecule has 122 valence electrons. The number of nitrogens with zero attached hydrogens (tertiary/aromatic N) is 1. The minimum absolute atomic E-state index is 0.195. The summed E-state index contributed by atoms with van der Waals surface area (Å²) in [6.45, 7) is 0.203. The summed E-state index contributed by atoms with van der Waals surface area (Å²) in [5.74, 6) is 0.590. The molecular weight excluding hydrogens is 304 g/mol. The van der Waals surface area contributed by atoms with Crippen LogP contribution in [0, 0.1) is 0 Å². The number of oxazole rings is 1. The molecule has 3 rings (SSSR count). The number of carbonyl (C=O) groups is 1. The van der Waals surface area contributed by atoms with Crippen LogP contribution in [0.15, 0.2) is 71.3 Å². The van der Waals surface area contributed by atoms with Crippen LogP contribution in [0.3, 0.4) is 0 Å². The SMILES string of the molecule is N[C@@H](Cc1ncc(-c2ccccc2)o1)C(=O)OCc1ccccc1. The van der Waals surface area contributed by atoms with Crippen molar-refractivity contribution < 1.29 is 13.9 Å². The predicted molar refractivity (Wildman–Crippen MR) is 89.9 cm³/mol. The van der Waals surface area contributed by atoms with Gasteiger partial charge >= 0.3 is 5.97 Å². The molecule has 0 bridgehead atoms. The zero-order chi connectivity index (χ0) is 16.8. The fourth-order valence-electron chi connectivity index (χ4n) is 2.25. The second kappa shape index (κ2) is 7.57. The molecule has 1 aromatic heterocycles. The van der Waals surface area contributed by atoms with Gasteiger partial charge in [0, 0.05) is 5.56 Å². The van der Waals surface area contributed by atoms with E-state index in [1.54, 1.807) is 6.20 Å². The molecular formula is C19H18N2O3. The molecule has 3 aromatic rings. The molecule has 5 heteroatoms. The molecule has 0 aliphatic carbocycles. The molecule has 1 atom stereocenters. The molecule has 0 aliphatic heterocycles. The van der Waals surface area contributed by atoms with Crippen molar-refractivity contribution in [1.29, 1.82) is 0 Å². The van der Waals surface area contributed by atoms with Crippen LogP contribution in [-0.2, 0) is 22.6 Å². The lowest BCUT2D eigenvalue weighted by atomic mass is 10.2. The number of nitrogens with two attached hydrogens (primary N) is 1. The van der Waals surface area contributed by atoms with Crippen molar-refractivity contribution in [3.63, 3.8) is 0 Å². The normalized spacial score (nSPS) is 11.9. The fraction of sp³-hybridized carbons (Fsp3) is 0.158. The van der Waals surface area contributed by atoms with E-state index in [2.05, 4.69) is 4.98 Å². The monoisotopic (exact) mass is 322 g/mol. The molecule has 24 heavy (non-hydrogen) atoms. The van der Waals surface area contributed by atoms with E-state index in [-0.39, 0.29) is 13.0 Å². The van der Waals surface area contributed by atoms with Gasteiger partial charge in [0.2, 0.25) is 0 Å². The molecule has 2 aromatic carbocycles. The summed E-state index contributed by atoms with van der Waals surface area (Å²) in [6, 6.07) is 18.3. The number of esters is 1. The first kappa shape index (κ1) is 16.0. The molecule has 0 radical (unpaired) electrons. The van der Waals surface area contributed by atoms with Gasteiger partial charge in [0.05, 0.1) is 12.6 Å². The number of rotatable bonds is 6. The van der Waals surface area contributed by atoms with E-state index in [1.165, 1.54) is 0 Å². The summed E-state index contributed by atoms with van der Waals surface area (Å²) in [6.07, 6.45) is 1.83. The van der Waals surface area contributed by atoms with Crippen molar-refractivity contribution in [2.45, 2.75) is 19.1 Å². The number of benzene rings is 2. The lowest BCUT2D eigenvalue weighted by molar-refractivity contribution is -0.146. The average molecular weight is 322 g/mol. The molecule has 0 spiro atoms. The zero-order valence-electron chi connectivity index (χ0n) is 13.1. The average Bonchev–Trinajstić information content (AvgIpc) is 3.10. The van der Waals surface area contributed by atoms with E-state index in [1.807, 2.05) is 60.7 Å². The molecule has 2 N–H and O–H groups in total. The Morgan fingerprint density at radius 2 is 1.75 bits per heavy atom. The topological polar surface area (TPSA) is 78.4 Å². The Morgan fingerprint density at radius 1 is 1.08 bits per heavy atom. The van der Waals surface area contributed by atoms with Crippen molar-refractivity contribution in [2.24, 2.45) is 5.73 Å². The summed E-state index contributed by atoms with van der Waals surface area (Å²) < 4.78 is 10.9. The van der Waals surface area contributed by atoms with E-state index in [4.69, 9.17) is 14.9 Å². The van der Waals surface area contributed by atoms with Crippen molar-refractivity contribution in [1.82, 2.24) is 4.98 Å². The van der Waals surface area contributed by atoms with Crippen LogP contribution in [0.5, 0.6) is 0 Å². The van der Waals surface area contributed by atoms with Crippen LogP contribution >= 0.6 is 0 Å². The minimum Gasteiger partial charge on any atom is -0.460 e. The van der Waals surface area contributed by atoms with Gasteiger partial charge in [-0.25, -0.2) is 4.98 Å². The van der Waals surface area contributed by atoms with Crippen LogP contribution in [0.1, 0.15) is 11.5 Å². The lowest BCUT2D eigenvalue weighted by Gasteiger charge is -2.09. The highest BCUT2D eigenvalue weighted by molar-refractivity contribution is 5.75. The number of hydrogen-bond acceptors (Lipinski definition) is 5. The van der Waals surface area contributed by atoms with Gasteiger partial charge in [-0.15, -0.1) is 0 Å². The van der Waals surface area contributed by atoms with Gasteiger partial charge in [-0.3, -0.25) is 4.79 Å². The maximum Gasteiger partial charge on any atom is 0.323 e. The van der Waals surface area contributed by atoms with Crippen LogP contribution < -0.4 is 5.73 Å². The van der Waals surface area contributed by atoms with E-state index >= 15 is 0 Å². The van der Waals surface area contributed by atoms with Gasteiger partial charge in [-0.05, 0) is 5.56 Å². The Morgan fingerprint density at radius 3 is 2.46 bits per heavy atom. The first-order valence-corrected chi connectivity index (χ1v) is 7.68. The maximum absolute atomic E-state index is 12.0. The third kappa shape index (κ3) is 4.08. The Labute approximate surface area is 140 Å². The largest absolute Gasteiger partial charge is 0.460 e. The van der Waals surface area contributed by atoms with Crippen molar-refractivity contribution in [2.75, 3.05) is 0 Å². The Bertz CT molecular complexity index is 785. The van der Waals surface area contributed by atoms with Gasteiger partial charge < -0.3 is 14.9 Å². The zero-order valence-corrected chi connectivity index (χ0v) is 13.1. The first-order chi connectivity index (χ1) is 11.7. The van der Waals surface area contributed by atoms with Crippen LogP contribution in [0.4, 0.5) is 0 Å². The molecule has 0 amide bonds. The van der Waals surface area contributed by atoms with Gasteiger partial charge in [-0.1, -0.05) is 60.7 Å². The summed E-state index contributed by atoms with van der Waals surface area (Å²) in [4.78, 5) is 16.2. The van der Waals surface area contributed by atoms with Crippen LogP contribution in [0.25, 0.3) is 11.3 Å². The second-order valence-corrected chi connectivity index (χ2v) is 5.39. The molecule has 0 aliphatic rings. The standard InChI is InChI=1S/C19H18N2O3/c20-16(19(22)23-13-14-7-3-1-4-8-14)11-18-21-12-17(24-18)15-9-5-2-6-10-15/h1-10,12,16H,11,13,20H2/t16-/m0/s1. The number of ether oxygens (including phenoxy) is 1. The van der Waals surface area contributed by atoms with E-state index in [0.717, 1.165) is 11.1 Å². The smallest absolute Gasteiger partial charge is 0.323 e. The highest BCUT2D eigenvalue weighted by atomic mass is 16.5. The van der Waals surface area contributed by atoms with Gasteiger partial charge in [0.25, 0.3) is 0 Å². The molecule has 0 fully saturated rings. The molecule has 0 saturated heterocycles. The van der Waals surface area contributed by atoms with E-state index in [9.17, 15) is 4.79 Å². The van der Waals surface area contributed by atoms with Crippen molar-refractivity contribution in [3.05, 3.63) is 78.3 Å². The number of hydrogen-bond donors (Lipinski definition) is 1. The Hall–Kier alpha value is -2.92. The van der Waals surface area contributed by atoms with Gasteiger partial charge in [0.1, 0.15) is 12.6 Å². The predicted octanol–water partition coefficient (Wildman–Crippen LogP) is 2.95. The fourth-order valence-corrected chi connectivity index (χ4v) is 2.25. The van der Waals surface area contributed by atoms with Crippen molar-refractivity contribution >= 4 is 5.97 Å². The van der Waals surface area contributed by atoms with Gasteiger partial charge in [-0.2, -0.15) is 0 Å². The maximum atomic E-state index is 12.0. The Balaban J connectivity index is 1.55. The number of aromatic nitrogens is 1. The third-order valence-corrected chi connectivity index (χ3v) is 3.53. The van der Waals surface area contributed by atoms with E-state index < -0.39 is 12.0 Å². The molecule has 1 heterocycles. The van der Waals surface area contributed by atoms with E-state index in [0.29, 0.717) is 11.7 Å². The molecule has 5 nitrogen and oxygen atoms in total. The summed E-state index contributed by atoms with van der Waals surface area (Å²) >= 11 is 0. The second-order valence-electron chi connectivity index (χ2n) is 5.39. The summed E-state index contributed by atoms with van der Waals surface area (Å²) in [7, 11) is 0. The Kier molecular flexibility index (Phi) is 5.03. The first-order valence-electron chi connectivity index (χ1n) is 7.68. The summed E-state index contributed by atoms with van der Waals surface area (Å²) in [5.41, 5.74) is 7.73. The minimum atomic E-state index is -0.809. The highest BCUT2D eigenvalue weighted by Gasteiger charge is 2.19. The van der Waals surface area contributed by atoms with Crippen LogP contribution in [0.2, 0.25) is 0 Å². The van der Waals surface area contributed by atoms with Gasteiger partial charge in [0.15, 0.2) is 11.7 Å².